The second-order valence-electron chi connectivity index (χ2n) is 12.5. The topological polar surface area (TPSA) is 25.2 Å². The molecule has 220 valence electrons. The van der Waals surface area contributed by atoms with Crippen molar-refractivity contribution in [1.82, 2.24) is 4.57 Å². The largest absolute Gasteiger partial charge is 0.309 e. The number of hydrogen-bond acceptors (Lipinski definition) is 1. The average Bonchev–Trinajstić information content (AvgIpc) is 3.36. The van der Waals surface area contributed by atoms with Gasteiger partial charge in [0.2, 0.25) is 0 Å². The van der Waals surface area contributed by atoms with Crippen LogP contribution in [0.3, 0.4) is 0 Å². The van der Waals surface area contributed by atoms with Crippen LogP contribution in [0.5, 0.6) is 0 Å². The molecule has 1 aromatic heterocycles. The molecule has 1 atom stereocenters. The third-order valence-corrected chi connectivity index (χ3v) is 9.99. The third kappa shape index (κ3) is 4.02. The van der Waals surface area contributed by atoms with Crippen molar-refractivity contribution in [3.05, 3.63) is 168 Å². The van der Waals surface area contributed by atoms with Crippen LogP contribution in [-0.4, -0.2) is 10.5 Å². The highest BCUT2D eigenvalue weighted by atomic mass is 16.2. The van der Waals surface area contributed by atoms with E-state index in [0.29, 0.717) is 0 Å². The summed E-state index contributed by atoms with van der Waals surface area (Å²) < 4.78 is 2.35. The van der Waals surface area contributed by atoms with Gasteiger partial charge in [-0.25, -0.2) is 0 Å². The number of para-hydroxylation sites is 4. The normalized spacial score (nSPS) is 15.9. The molecule has 7 aromatic rings. The second kappa shape index (κ2) is 10.5. The van der Waals surface area contributed by atoms with Crippen LogP contribution in [0.15, 0.2) is 151 Å². The Morgan fingerprint density at radius 2 is 1.26 bits per heavy atom. The lowest BCUT2D eigenvalue weighted by Crippen LogP contribution is -2.35. The highest BCUT2D eigenvalue weighted by molar-refractivity contribution is 6.18. The van der Waals surface area contributed by atoms with E-state index in [1.807, 2.05) is 41.3 Å². The number of anilines is 2. The molecule has 0 spiro atoms. The summed E-state index contributed by atoms with van der Waals surface area (Å²) in [6.45, 7) is 2.15. The monoisotopic (exact) mass is 592 g/mol. The lowest BCUT2D eigenvalue weighted by atomic mass is 9.80. The zero-order chi connectivity index (χ0) is 30.8. The molecule has 1 unspecified atom stereocenters. The predicted molar refractivity (Wildman–Crippen MR) is 190 cm³/mol. The Morgan fingerprint density at radius 1 is 0.609 bits per heavy atom. The first-order chi connectivity index (χ1) is 22.7. The summed E-state index contributed by atoms with van der Waals surface area (Å²) in [5.41, 5.74) is 13.5. The molecule has 1 amide bonds. The fourth-order valence-electron chi connectivity index (χ4n) is 7.85. The molecule has 0 saturated heterocycles. The van der Waals surface area contributed by atoms with Crippen molar-refractivity contribution < 1.29 is 4.79 Å². The number of allylic oxidation sites excluding steroid dienone is 1. The molecule has 6 aromatic carbocycles. The standard InChI is InChI=1S/C43H32N2O/c1-28-37-26-30(31-23-25-41-38(27-31)35-17-9-10-18-39(35)44(41)32-12-4-2-5-13-32)21-20-29(37)22-24-36-34-16-8-11-19-40(34)45(43(46)42(28)36)33-14-6-3-7-15-33/h2-21,23,25-27,36H,22,24H2,1H3. The summed E-state index contributed by atoms with van der Waals surface area (Å²) in [5.74, 6) is 0.153. The molecule has 1 aliphatic carbocycles. The third-order valence-electron chi connectivity index (χ3n) is 9.99. The van der Waals surface area contributed by atoms with Crippen molar-refractivity contribution in [3.8, 4) is 16.8 Å². The van der Waals surface area contributed by atoms with Crippen LogP contribution in [-0.2, 0) is 11.2 Å². The van der Waals surface area contributed by atoms with E-state index in [1.165, 1.54) is 49.6 Å². The summed E-state index contributed by atoms with van der Waals surface area (Å²) >= 11 is 0. The molecule has 46 heavy (non-hydrogen) atoms. The molecular weight excluding hydrogens is 560 g/mol. The quantitative estimate of drug-likeness (QED) is 0.200. The van der Waals surface area contributed by atoms with Crippen LogP contribution in [0.25, 0.3) is 44.2 Å². The van der Waals surface area contributed by atoms with Crippen LogP contribution in [0.4, 0.5) is 11.4 Å². The maximum Gasteiger partial charge on any atom is 0.259 e. The molecule has 0 bridgehead atoms. The average molecular weight is 593 g/mol. The highest BCUT2D eigenvalue weighted by Gasteiger charge is 2.39. The second-order valence-corrected chi connectivity index (χ2v) is 12.5. The fraction of sp³-hybridized carbons (Fsp3) is 0.0930. The minimum absolute atomic E-state index is 0.0694. The van der Waals surface area contributed by atoms with Gasteiger partial charge in [0.25, 0.3) is 5.91 Å². The maximum atomic E-state index is 14.5. The lowest BCUT2D eigenvalue weighted by molar-refractivity contribution is -0.114. The van der Waals surface area contributed by atoms with Crippen LogP contribution < -0.4 is 4.90 Å². The van der Waals surface area contributed by atoms with E-state index < -0.39 is 0 Å². The van der Waals surface area contributed by atoms with E-state index in [-0.39, 0.29) is 11.8 Å². The molecule has 3 nitrogen and oxygen atoms in total. The summed E-state index contributed by atoms with van der Waals surface area (Å²) in [7, 11) is 0. The first kappa shape index (κ1) is 26.7. The van der Waals surface area contributed by atoms with Gasteiger partial charge in [-0.2, -0.15) is 0 Å². The summed E-state index contributed by atoms with van der Waals surface area (Å²) in [5, 5.41) is 2.48. The van der Waals surface area contributed by atoms with Gasteiger partial charge in [-0.05, 0) is 108 Å². The molecular formula is C43H32N2O. The van der Waals surface area contributed by atoms with Crippen LogP contribution in [0, 0.1) is 0 Å². The Balaban J connectivity index is 1.20. The van der Waals surface area contributed by atoms with E-state index in [4.69, 9.17) is 0 Å². The van der Waals surface area contributed by atoms with Gasteiger partial charge in [0.1, 0.15) is 0 Å². The number of fused-ring (bicyclic) bond motifs is 7. The van der Waals surface area contributed by atoms with Gasteiger partial charge >= 0.3 is 0 Å². The van der Waals surface area contributed by atoms with Crippen molar-refractivity contribution in [1.29, 1.82) is 0 Å². The molecule has 3 heteroatoms. The minimum Gasteiger partial charge on any atom is -0.309 e. The van der Waals surface area contributed by atoms with Crippen LogP contribution >= 0.6 is 0 Å². The number of carbonyl (C=O) groups excluding carboxylic acids is 1. The fourth-order valence-corrected chi connectivity index (χ4v) is 7.85. The van der Waals surface area contributed by atoms with Gasteiger partial charge in [-0.3, -0.25) is 9.69 Å². The van der Waals surface area contributed by atoms with Gasteiger partial charge in [-0.1, -0.05) is 91.0 Å². The maximum absolute atomic E-state index is 14.5. The van der Waals surface area contributed by atoms with Gasteiger partial charge < -0.3 is 4.57 Å². The molecule has 0 saturated carbocycles. The van der Waals surface area contributed by atoms with E-state index in [0.717, 1.165) is 41.1 Å². The SMILES string of the molecule is CC1=C2C(=O)N(c3ccccc3)c3ccccc3C2CCc2ccc(-c3ccc4c(c3)c3ccccc3n4-c3ccccc3)cc21. The number of rotatable bonds is 3. The molecule has 2 aliphatic rings. The van der Waals surface area contributed by atoms with E-state index in [9.17, 15) is 4.79 Å². The highest BCUT2D eigenvalue weighted by Crippen LogP contribution is 2.49. The Hall–Kier alpha value is -5.67. The zero-order valence-corrected chi connectivity index (χ0v) is 25.7. The number of aromatic nitrogens is 1. The number of benzene rings is 6. The van der Waals surface area contributed by atoms with Crippen LogP contribution in [0.2, 0.25) is 0 Å². The number of aryl methyl sites for hydroxylation is 1. The van der Waals surface area contributed by atoms with Crippen molar-refractivity contribution >= 4 is 44.7 Å². The number of hydrogen-bond donors (Lipinski definition) is 0. The molecule has 1 aliphatic heterocycles. The Kier molecular flexibility index (Phi) is 6.07. The Bertz CT molecular complexity index is 2350. The predicted octanol–water partition coefficient (Wildman–Crippen LogP) is 10.6. The first-order valence-corrected chi connectivity index (χ1v) is 16.1. The van der Waals surface area contributed by atoms with Gasteiger partial charge in [0, 0.05) is 33.6 Å². The van der Waals surface area contributed by atoms with E-state index in [1.54, 1.807) is 0 Å². The molecule has 0 fully saturated rings. The summed E-state index contributed by atoms with van der Waals surface area (Å²) in [6.07, 6.45) is 1.84. The van der Waals surface area contributed by atoms with Crippen molar-refractivity contribution in [2.75, 3.05) is 4.90 Å². The summed E-state index contributed by atoms with van der Waals surface area (Å²) in [6, 6.07) is 51.4. The molecule has 9 rings (SSSR count). The summed E-state index contributed by atoms with van der Waals surface area (Å²) in [4.78, 5) is 16.4. The van der Waals surface area contributed by atoms with Crippen molar-refractivity contribution in [2.45, 2.75) is 25.7 Å². The van der Waals surface area contributed by atoms with Crippen LogP contribution in [0.1, 0.15) is 36.0 Å². The lowest BCUT2D eigenvalue weighted by Gasteiger charge is -2.36. The Morgan fingerprint density at radius 3 is 2.09 bits per heavy atom. The zero-order valence-electron chi connectivity index (χ0n) is 25.7. The smallest absolute Gasteiger partial charge is 0.259 e. The van der Waals surface area contributed by atoms with Crippen molar-refractivity contribution in [2.24, 2.45) is 0 Å². The van der Waals surface area contributed by atoms with Gasteiger partial charge in [-0.15, -0.1) is 0 Å². The number of amides is 1. The molecule has 0 radical (unpaired) electrons. The number of nitrogens with zero attached hydrogens (tertiary/aromatic N) is 2. The Labute approximate surface area is 268 Å². The molecule has 0 N–H and O–H groups in total. The van der Waals surface area contributed by atoms with E-state index in [2.05, 4.69) is 121 Å². The minimum atomic E-state index is 0.0694. The molecule has 2 heterocycles. The van der Waals surface area contributed by atoms with Gasteiger partial charge in [0.05, 0.1) is 16.7 Å². The number of carbonyl (C=O) groups is 1. The van der Waals surface area contributed by atoms with Crippen molar-refractivity contribution in [3.63, 3.8) is 0 Å². The van der Waals surface area contributed by atoms with E-state index >= 15 is 0 Å². The van der Waals surface area contributed by atoms with Gasteiger partial charge in [0.15, 0.2) is 0 Å². The first-order valence-electron chi connectivity index (χ1n) is 16.1.